The predicted octanol–water partition coefficient (Wildman–Crippen LogP) is 1.46. The molecule has 0 atom stereocenters. The van der Waals surface area contributed by atoms with Crippen molar-refractivity contribution in [1.29, 1.82) is 0 Å². The SMILES string of the molecule is Cc1cc(-n2c(N)c3c(cc2=O)C(=O)NC3=O)ccc1NC(=O)c1ccco1. The van der Waals surface area contributed by atoms with Crippen LogP contribution in [0.1, 0.15) is 36.8 Å². The molecule has 0 saturated heterocycles. The van der Waals surface area contributed by atoms with E-state index in [0.29, 0.717) is 16.9 Å². The third kappa shape index (κ3) is 2.65. The lowest BCUT2D eigenvalue weighted by molar-refractivity contribution is 0.0879. The fraction of sp³-hybridized carbons (Fsp3) is 0.0526. The van der Waals surface area contributed by atoms with Gasteiger partial charge in [-0.3, -0.25) is 29.1 Å². The van der Waals surface area contributed by atoms with E-state index in [9.17, 15) is 19.2 Å². The number of furan rings is 1. The zero-order chi connectivity index (χ0) is 20.0. The van der Waals surface area contributed by atoms with E-state index in [1.165, 1.54) is 12.3 Å². The number of hydrogen-bond donors (Lipinski definition) is 3. The van der Waals surface area contributed by atoms with Gasteiger partial charge in [-0.15, -0.1) is 0 Å². The van der Waals surface area contributed by atoms with Gasteiger partial charge in [0.05, 0.1) is 23.1 Å². The number of nitrogens with zero attached hydrogens (tertiary/aromatic N) is 1. The summed E-state index contributed by atoms with van der Waals surface area (Å²) in [6, 6.07) is 9.04. The van der Waals surface area contributed by atoms with Crippen molar-refractivity contribution in [2.24, 2.45) is 0 Å². The predicted molar refractivity (Wildman–Crippen MR) is 99.6 cm³/mol. The molecular weight excluding hydrogens is 364 g/mol. The highest BCUT2D eigenvalue weighted by Crippen LogP contribution is 2.25. The standard InChI is InChI=1S/C19H14N4O5/c1-9-7-10(4-5-12(9)21-18(26)13-3-2-6-28-13)23-14(24)8-11-15(16(23)20)19(27)22-17(11)25/h2-8H,20H2,1H3,(H,21,26)(H,22,25,27). The Labute approximate surface area is 157 Å². The van der Waals surface area contributed by atoms with Crippen molar-refractivity contribution in [1.82, 2.24) is 9.88 Å². The van der Waals surface area contributed by atoms with E-state index >= 15 is 0 Å². The lowest BCUT2D eigenvalue weighted by atomic mass is 10.1. The number of nitrogens with one attached hydrogen (secondary N) is 2. The number of imide groups is 1. The monoisotopic (exact) mass is 378 g/mol. The van der Waals surface area contributed by atoms with Gasteiger partial charge in [-0.2, -0.15) is 0 Å². The lowest BCUT2D eigenvalue weighted by Gasteiger charge is -2.14. The number of hydrogen-bond acceptors (Lipinski definition) is 6. The highest BCUT2D eigenvalue weighted by Gasteiger charge is 2.31. The van der Waals surface area contributed by atoms with Crippen LogP contribution >= 0.6 is 0 Å². The molecule has 9 heteroatoms. The molecule has 9 nitrogen and oxygen atoms in total. The number of fused-ring (bicyclic) bond motifs is 1. The molecule has 4 rings (SSSR count). The topological polar surface area (TPSA) is 136 Å². The van der Waals surface area contributed by atoms with Crippen LogP contribution in [0.5, 0.6) is 0 Å². The Bertz CT molecular complexity index is 1210. The minimum absolute atomic E-state index is 0.0301. The zero-order valence-electron chi connectivity index (χ0n) is 14.6. The van der Waals surface area contributed by atoms with E-state index in [0.717, 1.165) is 10.6 Å². The van der Waals surface area contributed by atoms with Crippen LogP contribution in [0.25, 0.3) is 5.69 Å². The number of benzene rings is 1. The molecule has 28 heavy (non-hydrogen) atoms. The van der Waals surface area contributed by atoms with E-state index in [-0.39, 0.29) is 22.7 Å². The van der Waals surface area contributed by atoms with Gasteiger partial charge < -0.3 is 15.5 Å². The lowest BCUT2D eigenvalue weighted by Crippen LogP contribution is -2.24. The molecule has 3 heterocycles. The molecule has 1 aliphatic rings. The first-order chi connectivity index (χ1) is 13.4. The van der Waals surface area contributed by atoms with Crippen LogP contribution in [-0.2, 0) is 0 Å². The molecule has 140 valence electrons. The fourth-order valence-corrected chi connectivity index (χ4v) is 3.06. The van der Waals surface area contributed by atoms with Crippen LogP contribution in [0.2, 0.25) is 0 Å². The van der Waals surface area contributed by atoms with Crippen LogP contribution in [0.4, 0.5) is 11.5 Å². The van der Waals surface area contributed by atoms with Gasteiger partial charge in [0.25, 0.3) is 23.3 Å². The van der Waals surface area contributed by atoms with Crippen molar-refractivity contribution >= 4 is 29.2 Å². The number of aromatic nitrogens is 1. The Morgan fingerprint density at radius 3 is 2.61 bits per heavy atom. The van der Waals surface area contributed by atoms with Crippen molar-refractivity contribution in [3.8, 4) is 5.69 Å². The van der Waals surface area contributed by atoms with Crippen LogP contribution in [-0.4, -0.2) is 22.3 Å². The third-order valence-corrected chi connectivity index (χ3v) is 4.41. The summed E-state index contributed by atoms with van der Waals surface area (Å²) in [6.07, 6.45) is 1.40. The first-order valence-electron chi connectivity index (χ1n) is 8.24. The van der Waals surface area contributed by atoms with Crippen LogP contribution in [0, 0.1) is 6.92 Å². The van der Waals surface area contributed by atoms with Gasteiger partial charge in [-0.1, -0.05) is 0 Å². The molecule has 0 fully saturated rings. The van der Waals surface area contributed by atoms with Gasteiger partial charge in [-0.25, -0.2) is 0 Å². The van der Waals surface area contributed by atoms with Gasteiger partial charge in [-0.05, 0) is 42.8 Å². The highest BCUT2D eigenvalue weighted by atomic mass is 16.3. The maximum absolute atomic E-state index is 12.5. The summed E-state index contributed by atoms with van der Waals surface area (Å²) < 4.78 is 6.19. The summed E-state index contributed by atoms with van der Waals surface area (Å²) in [7, 11) is 0. The summed E-state index contributed by atoms with van der Waals surface area (Å²) in [6.45, 7) is 1.74. The molecule has 3 amide bonds. The second-order valence-corrected chi connectivity index (χ2v) is 6.21. The second-order valence-electron chi connectivity index (χ2n) is 6.21. The molecule has 0 radical (unpaired) electrons. The molecule has 1 aliphatic heterocycles. The van der Waals surface area contributed by atoms with Gasteiger partial charge in [0.2, 0.25) is 0 Å². The Morgan fingerprint density at radius 1 is 1.14 bits per heavy atom. The van der Waals surface area contributed by atoms with Gasteiger partial charge >= 0.3 is 0 Å². The molecular formula is C19H14N4O5. The number of amides is 3. The third-order valence-electron chi connectivity index (χ3n) is 4.41. The molecule has 0 bridgehead atoms. The van der Waals surface area contributed by atoms with Crippen LogP contribution in [0.3, 0.4) is 0 Å². The summed E-state index contributed by atoms with van der Waals surface area (Å²) in [4.78, 5) is 48.3. The number of carbonyl (C=O) groups is 3. The Balaban J connectivity index is 1.74. The van der Waals surface area contributed by atoms with E-state index in [4.69, 9.17) is 10.2 Å². The molecule has 0 spiro atoms. The van der Waals surface area contributed by atoms with Gasteiger partial charge in [0, 0.05) is 11.8 Å². The first-order valence-corrected chi connectivity index (χ1v) is 8.24. The minimum Gasteiger partial charge on any atom is -0.459 e. The van der Waals surface area contributed by atoms with Crippen molar-refractivity contribution < 1.29 is 18.8 Å². The normalized spacial score (nSPS) is 12.6. The van der Waals surface area contributed by atoms with E-state index in [1.807, 2.05) is 0 Å². The van der Waals surface area contributed by atoms with Crippen molar-refractivity contribution in [2.45, 2.75) is 6.92 Å². The Hall–Kier alpha value is -4.14. The number of aryl methyl sites for hydroxylation is 1. The summed E-state index contributed by atoms with van der Waals surface area (Å²) in [5.41, 5.74) is 6.97. The van der Waals surface area contributed by atoms with Crippen molar-refractivity contribution in [3.05, 3.63) is 75.5 Å². The Kier molecular flexibility index (Phi) is 3.85. The molecule has 3 aromatic rings. The molecule has 0 unspecified atom stereocenters. The number of carbonyl (C=O) groups excluding carboxylic acids is 3. The van der Waals surface area contributed by atoms with E-state index in [2.05, 4.69) is 10.6 Å². The maximum atomic E-state index is 12.5. The number of pyridine rings is 1. The van der Waals surface area contributed by atoms with Crippen molar-refractivity contribution in [2.75, 3.05) is 11.1 Å². The van der Waals surface area contributed by atoms with Crippen LogP contribution < -0.4 is 21.9 Å². The summed E-state index contributed by atoms with van der Waals surface area (Å²) >= 11 is 0. The van der Waals surface area contributed by atoms with Crippen LogP contribution in [0.15, 0.2) is 51.9 Å². The maximum Gasteiger partial charge on any atom is 0.291 e. The van der Waals surface area contributed by atoms with Gasteiger partial charge in [0.1, 0.15) is 5.82 Å². The smallest absolute Gasteiger partial charge is 0.291 e. The number of nitrogen functional groups attached to an aromatic ring is 1. The Morgan fingerprint density at radius 2 is 1.93 bits per heavy atom. The van der Waals surface area contributed by atoms with Crippen molar-refractivity contribution in [3.63, 3.8) is 0 Å². The summed E-state index contributed by atoms with van der Waals surface area (Å²) in [5, 5.41) is 4.83. The zero-order valence-corrected chi connectivity index (χ0v) is 14.6. The first kappa shape index (κ1) is 17.3. The second kappa shape index (κ2) is 6.23. The molecule has 0 saturated carbocycles. The average molecular weight is 378 g/mol. The molecule has 2 aromatic heterocycles. The molecule has 4 N–H and O–H groups in total. The van der Waals surface area contributed by atoms with Gasteiger partial charge in [0.15, 0.2) is 5.76 Å². The van der Waals surface area contributed by atoms with E-state index in [1.54, 1.807) is 31.2 Å². The summed E-state index contributed by atoms with van der Waals surface area (Å²) in [5.74, 6) is -1.67. The number of rotatable bonds is 3. The molecule has 1 aromatic carbocycles. The quantitative estimate of drug-likeness (QED) is 0.590. The average Bonchev–Trinajstić information content (AvgIpc) is 3.26. The molecule has 0 aliphatic carbocycles. The largest absolute Gasteiger partial charge is 0.459 e. The number of nitrogens with two attached hydrogens (primary N) is 1. The van der Waals surface area contributed by atoms with E-state index < -0.39 is 23.3 Å². The number of anilines is 2. The minimum atomic E-state index is -0.650. The highest BCUT2D eigenvalue weighted by molar-refractivity contribution is 6.23. The fourth-order valence-electron chi connectivity index (χ4n) is 3.06.